The molecule has 0 aliphatic carbocycles. The fourth-order valence-corrected chi connectivity index (χ4v) is 2.65. The Hall–Kier alpha value is -2.66. The molecule has 0 aliphatic heterocycles. The molecule has 0 radical (unpaired) electrons. The van der Waals surface area contributed by atoms with Crippen LogP contribution in [0.15, 0.2) is 54.6 Å². The van der Waals surface area contributed by atoms with Gasteiger partial charge < -0.3 is 15.0 Å². The molecule has 2 aromatic rings. The lowest BCUT2D eigenvalue weighted by atomic mass is 10.1. The summed E-state index contributed by atoms with van der Waals surface area (Å²) in [5.41, 5.74) is 2.29. The van der Waals surface area contributed by atoms with Crippen molar-refractivity contribution in [1.82, 2.24) is 4.90 Å². The van der Waals surface area contributed by atoms with Gasteiger partial charge in [-0.25, -0.2) is 0 Å². The largest absolute Gasteiger partial charge is 0.385 e. The van der Waals surface area contributed by atoms with E-state index in [4.69, 9.17) is 4.74 Å². The quantitative estimate of drug-likeness (QED) is 0.732. The Morgan fingerprint density at radius 1 is 1.12 bits per heavy atom. The van der Waals surface area contributed by atoms with Gasteiger partial charge in [0.2, 0.25) is 5.91 Å². The summed E-state index contributed by atoms with van der Waals surface area (Å²) in [6, 6.07) is 16.6. The van der Waals surface area contributed by atoms with Crippen molar-refractivity contribution in [2.45, 2.75) is 25.8 Å². The zero-order valence-electron chi connectivity index (χ0n) is 15.6. The van der Waals surface area contributed by atoms with E-state index in [1.165, 1.54) is 0 Å². The van der Waals surface area contributed by atoms with Gasteiger partial charge in [-0.15, -0.1) is 0 Å². The molecule has 1 N–H and O–H groups in total. The molecule has 1 atom stereocenters. The van der Waals surface area contributed by atoms with Crippen LogP contribution in [0.2, 0.25) is 0 Å². The van der Waals surface area contributed by atoms with Crippen LogP contribution in [0, 0.1) is 0 Å². The van der Waals surface area contributed by atoms with E-state index in [1.54, 1.807) is 31.2 Å². The Balaban J connectivity index is 2.03. The molecule has 0 saturated heterocycles. The van der Waals surface area contributed by atoms with Crippen molar-refractivity contribution in [2.24, 2.45) is 0 Å². The van der Waals surface area contributed by atoms with Gasteiger partial charge in [-0.1, -0.05) is 30.3 Å². The van der Waals surface area contributed by atoms with E-state index in [0.717, 1.165) is 5.56 Å². The molecular formula is C21H26N2O3. The summed E-state index contributed by atoms with van der Waals surface area (Å²) in [4.78, 5) is 26.3. The van der Waals surface area contributed by atoms with Gasteiger partial charge in [-0.05, 0) is 43.2 Å². The molecule has 0 bridgehead atoms. The van der Waals surface area contributed by atoms with E-state index in [-0.39, 0.29) is 17.9 Å². The Morgan fingerprint density at radius 2 is 1.85 bits per heavy atom. The van der Waals surface area contributed by atoms with Crippen molar-refractivity contribution in [1.29, 1.82) is 0 Å². The summed E-state index contributed by atoms with van der Waals surface area (Å²) in [5.74, 6) is -0.0762. The van der Waals surface area contributed by atoms with Crippen molar-refractivity contribution < 1.29 is 14.3 Å². The lowest BCUT2D eigenvalue weighted by Gasteiger charge is -2.26. The maximum absolute atomic E-state index is 12.3. The standard InChI is InChI=1S/C21H26N2O3/c1-16(23(2)20(24)13-8-14-26-3)18-11-7-12-19(15-18)22-21(25)17-9-5-4-6-10-17/h4-7,9-12,15-16H,8,13-14H2,1-3H3,(H,22,25)/t16-/m0/s1. The number of carbonyl (C=O) groups excluding carboxylic acids is 2. The Kier molecular flexibility index (Phi) is 7.36. The average Bonchev–Trinajstić information content (AvgIpc) is 2.67. The van der Waals surface area contributed by atoms with Crippen LogP contribution in [0.5, 0.6) is 0 Å². The first-order chi connectivity index (χ1) is 12.5. The van der Waals surface area contributed by atoms with Crippen molar-refractivity contribution in [2.75, 3.05) is 26.1 Å². The highest BCUT2D eigenvalue weighted by molar-refractivity contribution is 6.04. The summed E-state index contributed by atoms with van der Waals surface area (Å²) in [7, 11) is 3.43. The molecule has 0 unspecified atom stereocenters. The first kappa shape index (κ1) is 19.7. The third-order valence-corrected chi connectivity index (χ3v) is 4.38. The van der Waals surface area contributed by atoms with Gasteiger partial charge in [-0.2, -0.15) is 0 Å². The molecular weight excluding hydrogens is 328 g/mol. The zero-order valence-corrected chi connectivity index (χ0v) is 15.6. The normalized spacial score (nSPS) is 11.7. The van der Waals surface area contributed by atoms with Crippen LogP contribution in [-0.4, -0.2) is 37.5 Å². The molecule has 5 nitrogen and oxygen atoms in total. The highest BCUT2D eigenvalue weighted by atomic mass is 16.5. The van der Waals surface area contributed by atoms with Gasteiger partial charge in [0.25, 0.3) is 5.91 Å². The van der Waals surface area contributed by atoms with E-state index in [9.17, 15) is 9.59 Å². The third-order valence-electron chi connectivity index (χ3n) is 4.38. The number of benzene rings is 2. The highest BCUT2D eigenvalue weighted by Gasteiger charge is 2.17. The van der Waals surface area contributed by atoms with Crippen LogP contribution in [0.1, 0.15) is 41.7 Å². The summed E-state index contributed by atoms with van der Waals surface area (Å²) < 4.78 is 5.00. The number of amides is 2. The molecule has 5 heteroatoms. The van der Waals surface area contributed by atoms with Gasteiger partial charge in [0.05, 0.1) is 6.04 Å². The minimum Gasteiger partial charge on any atom is -0.385 e. The van der Waals surface area contributed by atoms with Crippen LogP contribution in [0.3, 0.4) is 0 Å². The second-order valence-corrected chi connectivity index (χ2v) is 6.22. The number of carbonyl (C=O) groups is 2. The molecule has 2 rings (SSSR count). The number of hydrogen-bond acceptors (Lipinski definition) is 3. The van der Waals surface area contributed by atoms with Crippen molar-refractivity contribution in [3.63, 3.8) is 0 Å². The fourth-order valence-electron chi connectivity index (χ4n) is 2.65. The molecule has 0 saturated carbocycles. The smallest absolute Gasteiger partial charge is 0.255 e. The van der Waals surface area contributed by atoms with Crippen molar-refractivity contribution in [3.05, 3.63) is 65.7 Å². The Labute approximate surface area is 155 Å². The van der Waals surface area contributed by atoms with E-state index in [2.05, 4.69) is 5.32 Å². The van der Waals surface area contributed by atoms with Crippen molar-refractivity contribution in [3.8, 4) is 0 Å². The predicted octanol–water partition coefficient (Wildman–Crippen LogP) is 3.88. The lowest BCUT2D eigenvalue weighted by Crippen LogP contribution is -2.29. The van der Waals surface area contributed by atoms with Crippen molar-refractivity contribution >= 4 is 17.5 Å². The topological polar surface area (TPSA) is 58.6 Å². The Morgan fingerprint density at radius 3 is 2.54 bits per heavy atom. The first-order valence-electron chi connectivity index (χ1n) is 8.74. The molecule has 0 spiro atoms. The lowest BCUT2D eigenvalue weighted by molar-refractivity contribution is -0.132. The molecule has 0 heterocycles. The number of methoxy groups -OCH3 is 1. The fraction of sp³-hybridized carbons (Fsp3) is 0.333. The molecule has 26 heavy (non-hydrogen) atoms. The maximum atomic E-state index is 12.3. The number of ether oxygens (including phenoxy) is 1. The number of rotatable bonds is 8. The molecule has 2 aromatic carbocycles. The first-order valence-corrected chi connectivity index (χ1v) is 8.74. The van der Waals surface area contributed by atoms with Gasteiger partial charge in [0.15, 0.2) is 0 Å². The minimum absolute atomic E-state index is 0.0771. The predicted molar refractivity (Wildman–Crippen MR) is 103 cm³/mol. The van der Waals surface area contributed by atoms with Gasteiger partial charge in [0.1, 0.15) is 0 Å². The minimum atomic E-state index is -0.153. The van der Waals surface area contributed by atoms with Gasteiger partial charge >= 0.3 is 0 Å². The number of nitrogens with one attached hydrogen (secondary N) is 1. The third kappa shape index (κ3) is 5.43. The van der Waals surface area contributed by atoms with Gasteiger partial charge in [-0.3, -0.25) is 9.59 Å². The van der Waals surface area contributed by atoms with E-state index >= 15 is 0 Å². The SMILES string of the molecule is COCCCC(=O)N(C)[C@@H](C)c1cccc(NC(=O)c2ccccc2)c1. The number of nitrogens with zero attached hydrogens (tertiary/aromatic N) is 1. The summed E-state index contributed by atoms with van der Waals surface area (Å²) in [6.45, 7) is 2.56. The second-order valence-electron chi connectivity index (χ2n) is 6.22. The zero-order chi connectivity index (χ0) is 18.9. The molecule has 138 valence electrons. The average molecular weight is 354 g/mol. The summed E-state index contributed by atoms with van der Waals surface area (Å²) >= 11 is 0. The molecule has 2 amide bonds. The van der Waals surface area contributed by atoms with Gasteiger partial charge in [0, 0.05) is 38.4 Å². The van der Waals surface area contributed by atoms with E-state index in [0.29, 0.717) is 30.7 Å². The highest BCUT2D eigenvalue weighted by Crippen LogP contribution is 2.23. The maximum Gasteiger partial charge on any atom is 0.255 e. The van der Waals surface area contributed by atoms with Crippen LogP contribution in [0.25, 0.3) is 0 Å². The summed E-state index contributed by atoms with van der Waals surface area (Å²) in [6.07, 6.45) is 1.17. The molecule has 0 fully saturated rings. The number of anilines is 1. The molecule has 0 aromatic heterocycles. The van der Waals surface area contributed by atoms with Crippen LogP contribution >= 0.6 is 0 Å². The van der Waals surface area contributed by atoms with Crippen LogP contribution in [0.4, 0.5) is 5.69 Å². The monoisotopic (exact) mass is 354 g/mol. The Bertz CT molecular complexity index is 731. The summed E-state index contributed by atoms with van der Waals surface area (Å²) in [5, 5.41) is 2.90. The molecule has 0 aliphatic rings. The second kappa shape index (κ2) is 9.73. The van der Waals surface area contributed by atoms with E-state index in [1.807, 2.05) is 49.4 Å². The number of hydrogen-bond donors (Lipinski definition) is 1. The van der Waals surface area contributed by atoms with E-state index < -0.39 is 0 Å². The van der Waals surface area contributed by atoms with Crippen LogP contribution < -0.4 is 5.32 Å². The van der Waals surface area contributed by atoms with Crippen LogP contribution in [-0.2, 0) is 9.53 Å².